The molecule has 0 saturated heterocycles. The molecule has 0 bridgehead atoms. The summed E-state index contributed by atoms with van der Waals surface area (Å²) in [4.78, 5) is 9.14. The summed E-state index contributed by atoms with van der Waals surface area (Å²) >= 11 is 5.04. The summed E-state index contributed by atoms with van der Waals surface area (Å²) in [6.45, 7) is 0. The van der Waals surface area contributed by atoms with Crippen molar-refractivity contribution in [1.29, 1.82) is 0 Å². The summed E-state index contributed by atoms with van der Waals surface area (Å²) in [5, 5.41) is 11.9. The summed E-state index contributed by atoms with van der Waals surface area (Å²) in [6, 6.07) is 3.70. The summed E-state index contributed by atoms with van der Waals surface area (Å²) in [5.74, 6) is 0.470. The Bertz CT molecular complexity index is 432. The minimum Gasteiger partial charge on any atom is -0.385 e. The van der Waals surface area contributed by atoms with Gasteiger partial charge in [-0.15, -0.1) is 11.3 Å². The minimum atomic E-state index is -0.638. The zero-order valence-electron chi connectivity index (χ0n) is 7.80. The van der Waals surface area contributed by atoms with E-state index in [1.54, 1.807) is 29.8 Å². The summed E-state index contributed by atoms with van der Waals surface area (Å²) in [7, 11) is 0. The van der Waals surface area contributed by atoms with Crippen LogP contribution in [-0.4, -0.2) is 15.1 Å². The first-order chi connectivity index (χ1) is 7.27. The van der Waals surface area contributed by atoms with Gasteiger partial charge in [-0.05, 0) is 33.4 Å². The van der Waals surface area contributed by atoms with Gasteiger partial charge in [0.15, 0.2) is 5.82 Å². The second-order valence-corrected chi connectivity index (χ2v) is 4.87. The van der Waals surface area contributed by atoms with E-state index in [9.17, 15) is 5.11 Å². The van der Waals surface area contributed by atoms with Crippen LogP contribution in [-0.2, 0) is 6.42 Å². The molecule has 78 valence electrons. The van der Waals surface area contributed by atoms with Gasteiger partial charge >= 0.3 is 0 Å². The van der Waals surface area contributed by atoms with E-state index in [0.29, 0.717) is 12.2 Å². The monoisotopic (exact) mass is 284 g/mol. The molecule has 1 N–H and O–H groups in total. The average molecular weight is 285 g/mol. The molecule has 1 atom stereocenters. The normalized spacial score (nSPS) is 12.7. The molecule has 0 radical (unpaired) electrons. The number of aromatic nitrogens is 2. The molecule has 5 heteroatoms. The molecule has 2 rings (SSSR count). The molecule has 0 fully saturated rings. The minimum absolute atomic E-state index is 0.470. The van der Waals surface area contributed by atoms with Gasteiger partial charge in [0.05, 0.1) is 0 Å². The highest BCUT2D eigenvalue weighted by Gasteiger charge is 2.13. The first-order valence-electron chi connectivity index (χ1n) is 4.44. The smallest absolute Gasteiger partial charge is 0.157 e. The van der Waals surface area contributed by atoms with E-state index in [4.69, 9.17) is 0 Å². The molecule has 0 aliphatic carbocycles. The fraction of sp³-hybridized carbons (Fsp3) is 0.200. The van der Waals surface area contributed by atoms with E-state index in [1.807, 2.05) is 11.4 Å². The predicted octanol–water partition coefficient (Wildman–Crippen LogP) is 2.58. The lowest BCUT2D eigenvalue weighted by Crippen LogP contribution is -2.05. The molecule has 1 unspecified atom stereocenters. The van der Waals surface area contributed by atoms with Crippen molar-refractivity contribution in [1.82, 2.24) is 9.97 Å². The molecule has 0 amide bonds. The third-order valence-electron chi connectivity index (χ3n) is 1.95. The van der Waals surface area contributed by atoms with Crippen LogP contribution in [0.3, 0.4) is 0 Å². The number of nitrogens with zero attached hydrogens (tertiary/aromatic N) is 2. The fourth-order valence-electron chi connectivity index (χ4n) is 1.22. The Morgan fingerprint density at radius 2 is 2.13 bits per heavy atom. The van der Waals surface area contributed by atoms with Gasteiger partial charge in [0.2, 0.25) is 0 Å². The van der Waals surface area contributed by atoms with E-state index in [-0.39, 0.29) is 0 Å². The van der Waals surface area contributed by atoms with Crippen molar-refractivity contribution in [2.75, 3.05) is 0 Å². The van der Waals surface area contributed by atoms with Gasteiger partial charge in [-0.25, -0.2) is 9.97 Å². The number of aliphatic hydroxyl groups excluding tert-OH is 1. The summed E-state index contributed by atoms with van der Waals surface area (Å²) < 4.78 is 1.03. The number of hydrogen-bond acceptors (Lipinski definition) is 4. The van der Waals surface area contributed by atoms with Crippen molar-refractivity contribution in [2.45, 2.75) is 12.5 Å². The fourth-order valence-corrected chi connectivity index (χ4v) is 2.77. The maximum absolute atomic E-state index is 9.88. The Morgan fingerprint density at radius 3 is 2.73 bits per heavy atom. The Balaban J connectivity index is 2.11. The number of halogens is 1. The Morgan fingerprint density at radius 1 is 1.40 bits per heavy atom. The van der Waals surface area contributed by atoms with Crippen molar-refractivity contribution in [2.24, 2.45) is 0 Å². The molecule has 0 aliphatic heterocycles. The zero-order valence-corrected chi connectivity index (χ0v) is 10.2. The summed E-state index contributed by atoms with van der Waals surface area (Å²) in [5.41, 5.74) is 0. The predicted molar refractivity (Wildman–Crippen MR) is 62.7 cm³/mol. The van der Waals surface area contributed by atoms with E-state index in [1.165, 1.54) is 0 Å². The van der Waals surface area contributed by atoms with Crippen LogP contribution in [0, 0.1) is 0 Å². The van der Waals surface area contributed by atoms with Crippen LogP contribution in [0.1, 0.15) is 16.8 Å². The van der Waals surface area contributed by atoms with Crippen molar-refractivity contribution in [3.8, 4) is 0 Å². The highest BCUT2D eigenvalue weighted by molar-refractivity contribution is 9.10. The van der Waals surface area contributed by atoms with Gasteiger partial charge < -0.3 is 5.11 Å². The number of rotatable bonds is 3. The third-order valence-corrected chi connectivity index (χ3v) is 3.90. The lowest BCUT2D eigenvalue weighted by Gasteiger charge is -2.07. The Labute approximate surface area is 100.0 Å². The Kier molecular flexibility index (Phi) is 3.45. The van der Waals surface area contributed by atoms with Crippen molar-refractivity contribution in [3.05, 3.63) is 45.1 Å². The molecular weight excluding hydrogens is 276 g/mol. The van der Waals surface area contributed by atoms with Gasteiger partial charge in [-0.3, -0.25) is 0 Å². The van der Waals surface area contributed by atoms with Crippen LogP contribution in [0.2, 0.25) is 0 Å². The SMILES string of the molecule is OC(Cc1sccc1Br)c1ncccn1. The van der Waals surface area contributed by atoms with Crippen LogP contribution < -0.4 is 0 Å². The number of hydrogen-bond donors (Lipinski definition) is 1. The van der Waals surface area contributed by atoms with Crippen LogP contribution in [0.5, 0.6) is 0 Å². The highest BCUT2D eigenvalue weighted by atomic mass is 79.9. The third kappa shape index (κ3) is 2.62. The highest BCUT2D eigenvalue weighted by Crippen LogP contribution is 2.26. The Hall–Kier alpha value is -0.780. The van der Waals surface area contributed by atoms with Gasteiger partial charge in [-0.1, -0.05) is 0 Å². The second kappa shape index (κ2) is 4.83. The van der Waals surface area contributed by atoms with Gasteiger partial charge in [0, 0.05) is 28.2 Å². The molecule has 15 heavy (non-hydrogen) atoms. The first-order valence-corrected chi connectivity index (χ1v) is 6.11. The first kappa shape index (κ1) is 10.7. The topological polar surface area (TPSA) is 46.0 Å². The molecule has 2 aromatic rings. The lowest BCUT2D eigenvalue weighted by atomic mass is 10.2. The van der Waals surface area contributed by atoms with Crippen molar-refractivity contribution >= 4 is 27.3 Å². The molecule has 0 aliphatic rings. The molecule has 0 spiro atoms. The maximum atomic E-state index is 9.88. The van der Waals surface area contributed by atoms with Crippen LogP contribution in [0.25, 0.3) is 0 Å². The van der Waals surface area contributed by atoms with E-state index < -0.39 is 6.10 Å². The van der Waals surface area contributed by atoms with Gasteiger partial charge in [0.1, 0.15) is 6.10 Å². The van der Waals surface area contributed by atoms with Crippen LogP contribution in [0.4, 0.5) is 0 Å². The molecule has 2 heterocycles. The number of aliphatic hydroxyl groups is 1. The van der Waals surface area contributed by atoms with E-state index in [0.717, 1.165) is 9.35 Å². The second-order valence-electron chi connectivity index (χ2n) is 3.02. The molecule has 2 aromatic heterocycles. The zero-order chi connectivity index (χ0) is 10.7. The standard InChI is InChI=1S/C10H9BrN2OS/c11-7-2-5-15-9(7)6-8(14)10-12-3-1-4-13-10/h1-5,8,14H,6H2. The van der Waals surface area contributed by atoms with E-state index >= 15 is 0 Å². The maximum Gasteiger partial charge on any atom is 0.157 e. The van der Waals surface area contributed by atoms with Crippen molar-refractivity contribution < 1.29 is 5.11 Å². The van der Waals surface area contributed by atoms with Gasteiger partial charge in [-0.2, -0.15) is 0 Å². The lowest BCUT2D eigenvalue weighted by molar-refractivity contribution is 0.169. The van der Waals surface area contributed by atoms with E-state index in [2.05, 4.69) is 25.9 Å². The molecule has 3 nitrogen and oxygen atoms in total. The van der Waals surface area contributed by atoms with Crippen molar-refractivity contribution in [3.63, 3.8) is 0 Å². The van der Waals surface area contributed by atoms with Gasteiger partial charge in [0.25, 0.3) is 0 Å². The molecule has 0 aromatic carbocycles. The molecule has 0 saturated carbocycles. The quantitative estimate of drug-likeness (QED) is 0.942. The average Bonchev–Trinajstić information content (AvgIpc) is 2.66. The van der Waals surface area contributed by atoms with Crippen LogP contribution >= 0.6 is 27.3 Å². The molecular formula is C10H9BrN2OS. The largest absolute Gasteiger partial charge is 0.385 e. The summed E-state index contributed by atoms with van der Waals surface area (Å²) in [6.07, 6.45) is 3.17. The number of thiophene rings is 1. The van der Waals surface area contributed by atoms with Crippen LogP contribution in [0.15, 0.2) is 34.4 Å².